The van der Waals surface area contributed by atoms with E-state index in [4.69, 9.17) is 10.2 Å². The van der Waals surface area contributed by atoms with E-state index in [1.807, 2.05) is 4.90 Å². The number of hydrogen-bond donors (Lipinski definition) is 2. The van der Waals surface area contributed by atoms with Crippen LogP contribution in [-0.4, -0.2) is 106 Å². The van der Waals surface area contributed by atoms with Crippen LogP contribution in [0.25, 0.3) is 0 Å². The topological polar surface area (TPSA) is 77.8 Å². The first-order valence-corrected chi connectivity index (χ1v) is 5.41. The molecule has 0 aliphatic carbocycles. The Kier molecular flexibility index (Phi) is 12.1. The first-order chi connectivity index (χ1) is 7.52. The molecule has 0 aromatic carbocycles. The summed E-state index contributed by atoms with van der Waals surface area (Å²) in [6, 6.07) is 0. The Morgan fingerprint density at radius 1 is 1.00 bits per heavy atom. The van der Waals surface area contributed by atoms with Gasteiger partial charge >= 0.3 is 11.9 Å². The molecule has 2 radical (unpaired) electrons. The third-order valence-electron chi connectivity index (χ3n) is 2.86. The van der Waals surface area contributed by atoms with Gasteiger partial charge in [0.15, 0.2) is 0 Å². The first-order valence-electron chi connectivity index (χ1n) is 5.41. The van der Waals surface area contributed by atoms with Crippen LogP contribution < -0.4 is 0 Å². The summed E-state index contributed by atoms with van der Waals surface area (Å²) in [5, 5.41) is 17.8. The molecule has 7 heteroatoms. The second-order valence-electron chi connectivity index (χ2n) is 4.05. The zero-order valence-corrected chi connectivity index (χ0v) is 15.4. The summed E-state index contributed by atoms with van der Waals surface area (Å²) in [6.45, 7) is 3.27. The number of aliphatic carboxylic acids is 2. The van der Waals surface area contributed by atoms with Gasteiger partial charge in [-0.2, -0.15) is 0 Å². The Bertz CT molecular complexity index is 325. The molecule has 1 fully saturated rings. The quantitative estimate of drug-likeness (QED) is 0.565. The van der Waals surface area contributed by atoms with Gasteiger partial charge in [-0.05, 0) is 32.9 Å². The maximum absolute atomic E-state index is 11.0. The minimum absolute atomic E-state index is 0. The molecule has 5 nitrogen and oxygen atoms in total. The summed E-state index contributed by atoms with van der Waals surface area (Å²) in [5.74, 6) is -2.29. The molecule has 1 heterocycles. The van der Waals surface area contributed by atoms with Gasteiger partial charge in [0.25, 0.3) is 0 Å². The molecule has 1 aliphatic heterocycles. The number of rotatable bonds is 4. The zero-order chi connectivity index (χ0) is 12.1. The van der Waals surface area contributed by atoms with Gasteiger partial charge in [0, 0.05) is 71.2 Å². The number of piperidine rings is 1. The largest absolute Gasteiger partial charge is 0.478 e. The van der Waals surface area contributed by atoms with Crippen molar-refractivity contribution in [2.75, 3.05) is 19.6 Å². The molecule has 1 saturated heterocycles. The molecular formula is C11H17NNa2O4. The van der Waals surface area contributed by atoms with E-state index < -0.39 is 11.9 Å². The normalized spacial score (nSPS) is 16.9. The van der Waals surface area contributed by atoms with E-state index in [1.165, 1.54) is 13.3 Å². The van der Waals surface area contributed by atoms with Crippen molar-refractivity contribution in [3.8, 4) is 0 Å². The summed E-state index contributed by atoms with van der Waals surface area (Å²) in [4.78, 5) is 23.7. The Balaban J connectivity index is 0. The Labute approximate surface area is 151 Å². The number of carbonyl (C=O) groups is 2. The van der Waals surface area contributed by atoms with Gasteiger partial charge in [0.2, 0.25) is 0 Å². The van der Waals surface area contributed by atoms with Crippen molar-refractivity contribution in [3.05, 3.63) is 11.1 Å². The van der Waals surface area contributed by atoms with Crippen LogP contribution in [0.2, 0.25) is 0 Å². The number of nitrogens with zero attached hydrogens (tertiary/aromatic N) is 1. The molecule has 0 amide bonds. The van der Waals surface area contributed by atoms with E-state index in [9.17, 15) is 9.59 Å². The monoisotopic (exact) mass is 273 g/mol. The van der Waals surface area contributed by atoms with Gasteiger partial charge in [-0.1, -0.05) is 6.42 Å². The minimum Gasteiger partial charge on any atom is -0.478 e. The van der Waals surface area contributed by atoms with Crippen LogP contribution >= 0.6 is 0 Å². The second-order valence-corrected chi connectivity index (χ2v) is 4.05. The van der Waals surface area contributed by atoms with E-state index in [1.54, 1.807) is 0 Å². The summed E-state index contributed by atoms with van der Waals surface area (Å²) >= 11 is 0. The van der Waals surface area contributed by atoms with Gasteiger partial charge in [-0.15, -0.1) is 0 Å². The molecule has 1 aliphatic rings. The SMILES string of the molecule is CC(C(=O)O)=C(CN1CCCCC1)C(=O)O.[Na].[Na]. The average Bonchev–Trinajstić information content (AvgIpc) is 2.26. The molecule has 0 aromatic rings. The third-order valence-corrected chi connectivity index (χ3v) is 2.86. The molecule has 92 valence electrons. The minimum atomic E-state index is -1.16. The fourth-order valence-electron chi connectivity index (χ4n) is 1.82. The summed E-state index contributed by atoms with van der Waals surface area (Å²) in [5.41, 5.74) is -0.0764. The number of carboxylic acids is 2. The molecule has 1 rings (SSSR count). The van der Waals surface area contributed by atoms with Crippen molar-refractivity contribution >= 4 is 71.1 Å². The van der Waals surface area contributed by atoms with E-state index in [0.717, 1.165) is 25.9 Å². The van der Waals surface area contributed by atoms with Crippen molar-refractivity contribution in [1.29, 1.82) is 0 Å². The Morgan fingerprint density at radius 2 is 1.50 bits per heavy atom. The second kappa shape index (κ2) is 10.4. The molecule has 0 unspecified atom stereocenters. The zero-order valence-electron chi connectivity index (χ0n) is 11.4. The molecule has 18 heavy (non-hydrogen) atoms. The van der Waals surface area contributed by atoms with Crippen LogP contribution in [0, 0.1) is 0 Å². The standard InChI is InChI=1S/C11H17NO4.2Na/c1-8(10(13)14)9(11(15)16)7-12-5-3-2-4-6-12;;/h2-7H2,1H3,(H,13,14)(H,15,16);;. The fourth-order valence-corrected chi connectivity index (χ4v) is 1.82. The predicted molar refractivity (Wildman–Crippen MR) is 69.8 cm³/mol. The molecular weight excluding hydrogens is 256 g/mol. The molecule has 2 N–H and O–H groups in total. The van der Waals surface area contributed by atoms with E-state index >= 15 is 0 Å². The maximum atomic E-state index is 11.0. The van der Waals surface area contributed by atoms with Crippen LogP contribution in [0.4, 0.5) is 0 Å². The van der Waals surface area contributed by atoms with Crippen LogP contribution in [0.15, 0.2) is 11.1 Å². The Hall–Kier alpha value is 0.640. The molecule has 0 saturated carbocycles. The molecule has 0 bridgehead atoms. The van der Waals surface area contributed by atoms with Gasteiger partial charge in [0.1, 0.15) is 0 Å². The average molecular weight is 273 g/mol. The summed E-state index contributed by atoms with van der Waals surface area (Å²) in [7, 11) is 0. The van der Waals surface area contributed by atoms with E-state index in [0.29, 0.717) is 0 Å². The fraction of sp³-hybridized carbons (Fsp3) is 0.636. The summed E-state index contributed by atoms with van der Waals surface area (Å²) < 4.78 is 0. The van der Waals surface area contributed by atoms with Crippen molar-refractivity contribution in [1.82, 2.24) is 4.90 Å². The van der Waals surface area contributed by atoms with Crippen molar-refractivity contribution in [2.45, 2.75) is 26.2 Å². The van der Waals surface area contributed by atoms with Gasteiger partial charge in [0.05, 0.1) is 5.57 Å². The van der Waals surface area contributed by atoms with Crippen LogP contribution in [0.5, 0.6) is 0 Å². The van der Waals surface area contributed by atoms with Crippen molar-refractivity contribution in [2.24, 2.45) is 0 Å². The first kappa shape index (κ1) is 20.9. The van der Waals surface area contributed by atoms with Gasteiger partial charge in [-0.3, -0.25) is 4.90 Å². The van der Waals surface area contributed by atoms with E-state index in [2.05, 4.69) is 0 Å². The van der Waals surface area contributed by atoms with Crippen molar-refractivity contribution in [3.63, 3.8) is 0 Å². The third kappa shape index (κ3) is 6.70. The number of carboxylic acid groups (broad SMARTS) is 2. The van der Waals surface area contributed by atoms with E-state index in [-0.39, 0.29) is 76.8 Å². The van der Waals surface area contributed by atoms with Crippen LogP contribution in [0.1, 0.15) is 26.2 Å². The maximum Gasteiger partial charge on any atom is 0.333 e. The van der Waals surface area contributed by atoms with Gasteiger partial charge < -0.3 is 10.2 Å². The molecule has 0 aromatic heterocycles. The Morgan fingerprint density at radius 3 is 1.89 bits per heavy atom. The predicted octanol–water partition coefficient (Wildman–Crippen LogP) is 0.196. The van der Waals surface area contributed by atoms with Crippen LogP contribution in [-0.2, 0) is 9.59 Å². The van der Waals surface area contributed by atoms with Crippen molar-refractivity contribution < 1.29 is 19.8 Å². The number of likely N-dealkylation sites (tertiary alicyclic amines) is 1. The van der Waals surface area contributed by atoms with Gasteiger partial charge in [-0.25, -0.2) is 9.59 Å². The molecule has 0 spiro atoms. The number of hydrogen-bond acceptors (Lipinski definition) is 3. The molecule has 0 atom stereocenters. The summed E-state index contributed by atoms with van der Waals surface area (Å²) in [6.07, 6.45) is 3.28. The smallest absolute Gasteiger partial charge is 0.333 e. The van der Waals surface area contributed by atoms with Crippen LogP contribution in [0.3, 0.4) is 0 Å².